The van der Waals surface area contributed by atoms with Gasteiger partial charge in [0.2, 0.25) is 0 Å². The molecule has 0 N–H and O–H groups in total. The van der Waals surface area contributed by atoms with E-state index in [1.54, 1.807) is 108 Å². The Morgan fingerprint density at radius 3 is 0.427 bits per heavy atom. The van der Waals surface area contributed by atoms with Crippen LogP contribution in [0.4, 0.5) is 0 Å². The lowest BCUT2D eigenvalue weighted by Crippen LogP contribution is -2.39. The predicted octanol–water partition coefficient (Wildman–Crippen LogP) is 28.9. The van der Waals surface area contributed by atoms with Gasteiger partial charge in [-0.3, -0.25) is 9.59 Å². The van der Waals surface area contributed by atoms with Gasteiger partial charge < -0.3 is 9.47 Å². The van der Waals surface area contributed by atoms with Crippen LogP contribution in [0.15, 0.2) is 0 Å². The van der Waals surface area contributed by atoms with Crippen LogP contribution in [0.1, 0.15) is 242 Å². The zero-order valence-electron chi connectivity index (χ0n) is 59.2. The maximum Gasteiger partial charge on any atom is 0.326 e. The van der Waals surface area contributed by atoms with E-state index in [0.717, 1.165) is 38.5 Å². The SMILES string of the molecule is CCCCCCCCCCCCCCCCCCOC(=O)C1(C(=O)OCCCCCCCCCCCCCCCCCC)C23c4c5c6c7c8c9c(c%10c%11c2c2c4c4c%12c5c5c6c6c8c8c%13c9c9c%10c%10c%11c%11c2c2c4c4c%12c%12c5c5c6c8c6c8c%13c9c9c%10c%10c%11c2c2c4c4c%12c5c6c5c8c9c%10c2c45)C713. The number of benzene rings is 18. The molecule has 2 spiro atoms. The van der Waals surface area contributed by atoms with Crippen LogP contribution >= 0.6 is 0 Å². The molecule has 0 heterocycles. The van der Waals surface area contributed by atoms with E-state index in [2.05, 4.69) is 13.8 Å². The molecular weight excluding hydrogens is 1250 g/mol. The van der Waals surface area contributed by atoms with Crippen LogP contribution in [0.25, 0.3) is 291 Å². The lowest BCUT2D eigenvalue weighted by atomic mass is 9.68. The van der Waals surface area contributed by atoms with Crippen LogP contribution in [0.2, 0.25) is 0 Å². The Morgan fingerprint density at radius 2 is 0.291 bits per heavy atom. The Kier molecular flexibility index (Phi) is 7.98. The van der Waals surface area contributed by atoms with E-state index < -0.39 is 16.2 Å². The van der Waals surface area contributed by atoms with E-state index >= 15 is 9.59 Å². The van der Waals surface area contributed by atoms with Gasteiger partial charge in [-0.2, -0.15) is 0 Å². The summed E-state index contributed by atoms with van der Waals surface area (Å²) in [5.41, 5.74) is 1.52. The Labute approximate surface area is 589 Å². The molecule has 0 aromatic heterocycles. The standard InChI is InChI=1S/C99H74O4/c1-3-5-7-9-11-13-15-17-19-21-23-25-27-29-31-33-35-102-95(100)99(96(101)103-36-34-32-30-28-26-24-22-20-18-16-14-12-10-8-6-4-2)97-91-83-75-65-55-47-39-37-38-41-45-43(39)51-59-53(45)63-57-49(41)50-42(38)46-44-40(37)48(47)56-62-52(44)60-54(46)64-58(50)68-67(57)77-71(63)81-73(59)79(69(75)61(51)55)87(91)89(81)93-85(77)86-78(68)72(64)82-74(60)80-70(62)76(66(56)65)84(83)92(97)88(80)90(82)94(86)98(93,97)99/h3-36H2,1-2H3. The van der Waals surface area contributed by atoms with Crippen molar-refractivity contribution in [2.75, 3.05) is 13.2 Å². The Morgan fingerprint density at radius 1 is 0.175 bits per heavy atom. The van der Waals surface area contributed by atoms with Gasteiger partial charge in [0.1, 0.15) is 0 Å². The summed E-state index contributed by atoms with van der Waals surface area (Å²) in [6.07, 6.45) is 41.3. The molecule has 0 bridgehead atoms. The fourth-order valence-electron chi connectivity index (χ4n) is 31.1. The molecule has 5 aliphatic carbocycles. The highest BCUT2D eigenvalue weighted by atomic mass is 16.6. The second-order valence-electron chi connectivity index (χ2n) is 36.9. The van der Waals surface area contributed by atoms with Crippen LogP contribution in [0, 0.1) is 5.41 Å². The van der Waals surface area contributed by atoms with Gasteiger partial charge in [-0.25, -0.2) is 0 Å². The van der Waals surface area contributed by atoms with Crippen LogP contribution in [0.3, 0.4) is 0 Å². The summed E-state index contributed by atoms with van der Waals surface area (Å²) in [4.78, 5) is 35.7. The Hall–Kier alpha value is -8.60. The molecule has 0 amide bonds. The molecular formula is C99H74O4. The monoisotopic (exact) mass is 1330 g/mol. The summed E-state index contributed by atoms with van der Waals surface area (Å²) in [5.74, 6) is -0.583. The van der Waals surface area contributed by atoms with Crippen LogP contribution in [0.5, 0.6) is 0 Å². The van der Waals surface area contributed by atoms with Gasteiger partial charge in [-0.1, -0.05) is 206 Å². The average molecular weight is 1330 g/mol. The van der Waals surface area contributed by atoms with Crippen LogP contribution in [-0.4, -0.2) is 25.2 Å². The van der Waals surface area contributed by atoms with Gasteiger partial charge >= 0.3 is 11.9 Å². The van der Waals surface area contributed by atoms with Gasteiger partial charge in [-0.05, 0) is 326 Å². The predicted molar refractivity (Wildman–Crippen MR) is 437 cm³/mol. The van der Waals surface area contributed by atoms with Crippen molar-refractivity contribution >= 4 is 303 Å². The van der Waals surface area contributed by atoms with Gasteiger partial charge in [-0.15, -0.1) is 0 Å². The number of esters is 2. The van der Waals surface area contributed by atoms with Crippen molar-refractivity contribution in [2.45, 2.75) is 230 Å². The highest BCUT2D eigenvalue weighted by Gasteiger charge is 3.01. The topological polar surface area (TPSA) is 52.6 Å². The smallest absolute Gasteiger partial charge is 0.326 e. The first-order chi connectivity index (χ1) is 51.2. The molecule has 0 aliphatic heterocycles. The summed E-state index contributed by atoms with van der Waals surface area (Å²) < 4.78 is 14.7. The Bertz CT molecular complexity index is 7350. The van der Waals surface area contributed by atoms with E-state index in [4.69, 9.17) is 9.47 Å². The normalized spacial score (nSPS) is 17.5. The minimum atomic E-state index is -1.69. The van der Waals surface area contributed by atoms with E-state index in [-0.39, 0.29) is 11.9 Å². The van der Waals surface area contributed by atoms with Crippen LogP contribution in [-0.2, 0) is 29.9 Å². The first-order valence-corrected chi connectivity index (χ1v) is 42.3. The fourth-order valence-corrected chi connectivity index (χ4v) is 31.1. The molecule has 4 nitrogen and oxygen atoms in total. The second kappa shape index (κ2) is 15.7. The van der Waals surface area contributed by atoms with Gasteiger partial charge in [0.05, 0.1) is 24.0 Å². The lowest BCUT2D eigenvalue weighted by Gasteiger charge is -2.32. The first-order valence-electron chi connectivity index (χ1n) is 42.3. The summed E-state index contributed by atoms with van der Waals surface area (Å²) in [5, 5.41) is 81.8. The third-order valence-electron chi connectivity index (χ3n) is 33.4. The van der Waals surface area contributed by atoms with E-state index in [0.29, 0.717) is 13.2 Å². The van der Waals surface area contributed by atoms with Crippen LogP contribution < -0.4 is 0 Å². The van der Waals surface area contributed by atoms with Gasteiger partial charge in [0.25, 0.3) is 0 Å². The second-order valence-corrected chi connectivity index (χ2v) is 36.9. The molecule has 28 aromatic carbocycles. The minimum Gasteiger partial charge on any atom is -0.465 e. The number of rotatable bonds is 36. The number of unbranched alkanes of at least 4 members (excludes halogenated alkanes) is 30. The highest BCUT2D eigenvalue weighted by molar-refractivity contribution is 6.82. The van der Waals surface area contributed by atoms with Crippen molar-refractivity contribution in [3.8, 4) is 0 Å². The van der Waals surface area contributed by atoms with Crippen molar-refractivity contribution in [3.05, 3.63) is 22.3 Å². The van der Waals surface area contributed by atoms with Crippen molar-refractivity contribution in [1.82, 2.24) is 0 Å². The molecule has 0 atom stereocenters. The zero-order chi connectivity index (χ0) is 65.6. The maximum absolute atomic E-state index is 17.9. The number of hydrogen-bond acceptors (Lipinski definition) is 4. The van der Waals surface area contributed by atoms with Crippen molar-refractivity contribution in [3.63, 3.8) is 0 Å². The molecule has 5 aliphatic rings. The molecule has 103 heavy (non-hydrogen) atoms. The summed E-state index contributed by atoms with van der Waals surface area (Å²) in [6.45, 7) is 5.28. The lowest BCUT2D eigenvalue weighted by molar-refractivity contribution is -0.166. The largest absolute Gasteiger partial charge is 0.465 e. The van der Waals surface area contributed by atoms with E-state index in [1.165, 1.54) is 372 Å². The molecule has 1 saturated carbocycles. The number of ether oxygens (including phenoxy) is 2. The molecule has 0 radical (unpaired) electrons. The van der Waals surface area contributed by atoms with E-state index in [9.17, 15) is 0 Å². The molecule has 494 valence electrons. The van der Waals surface area contributed by atoms with E-state index in [1.807, 2.05) is 0 Å². The summed E-state index contributed by atoms with van der Waals surface area (Å²) >= 11 is 0. The van der Waals surface area contributed by atoms with Crippen molar-refractivity contribution in [1.29, 1.82) is 0 Å². The quantitative estimate of drug-likeness (QED) is 0.0170. The third kappa shape index (κ3) is 4.21. The zero-order valence-corrected chi connectivity index (χ0v) is 59.2. The number of hydrogen-bond donors (Lipinski definition) is 0. The number of carbonyl (C=O) groups excluding carboxylic acids is 2. The summed E-state index contributed by atoms with van der Waals surface area (Å²) in [7, 11) is 0. The average Bonchev–Trinajstić information content (AvgIpc) is 1.35. The molecule has 33 rings (SSSR count). The minimum absolute atomic E-state index is 0.291. The van der Waals surface area contributed by atoms with Gasteiger partial charge in [0, 0.05) is 0 Å². The highest BCUT2D eigenvalue weighted by Crippen LogP contribution is 2.97. The van der Waals surface area contributed by atoms with Crippen molar-refractivity contribution in [2.24, 2.45) is 5.41 Å². The fraction of sp³-hybridized carbons (Fsp3) is 0.394. The number of carbonyl (C=O) groups is 2. The molecule has 28 aromatic rings. The Balaban J connectivity index is 0.617. The molecule has 1 fully saturated rings. The first kappa shape index (κ1) is 52.4. The third-order valence-corrected chi connectivity index (χ3v) is 33.4. The summed E-state index contributed by atoms with van der Waals surface area (Å²) in [6, 6.07) is 0. The molecule has 0 saturated heterocycles. The molecule has 0 unspecified atom stereocenters. The molecule has 4 heteroatoms. The van der Waals surface area contributed by atoms with Gasteiger partial charge in [0.15, 0.2) is 5.41 Å². The maximum atomic E-state index is 17.9. The van der Waals surface area contributed by atoms with Crippen molar-refractivity contribution < 1.29 is 19.1 Å².